The van der Waals surface area contributed by atoms with Gasteiger partial charge >= 0.3 is 0 Å². The van der Waals surface area contributed by atoms with E-state index in [0.717, 1.165) is 29.3 Å². The van der Waals surface area contributed by atoms with Gasteiger partial charge in [-0.25, -0.2) is 0 Å². The summed E-state index contributed by atoms with van der Waals surface area (Å²) in [6.45, 7) is 0.824. The number of fused-ring (bicyclic) bond motifs is 3. The SMILES string of the molecule is CN1CCc2ccc3ccccc3c2C1=O. The molecule has 0 saturated carbocycles. The minimum atomic E-state index is 0.151. The molecule has 80 valence electrons. The van der Waals surface area contributed by atoms with Crippen LogP contribution >= 0.6 is 0 Å². The van der Waals surface area contributed by atoms with Crippen LogP contribution in [0.25, 0.3) is 10.8 Å². The number of likely N-dealkylation sites (N-methyl/N-ethyl adjacent to an activating group) is 1. The number of carbonyl (C=O) groups excluding carboxylic acids is 1. The molecule has 1 heterocycles. The second kappa shape index (κ2) is 3.34. The lowest BCUT2D eigenvalue weighted by Gasteiger charge is -2.25. The van der Waals surface area contributed by atoms with Crippen LogP contribution in [-0.4, -0.2) is 24.4 Å². The lowest BCUT2D eigenvalue weighted by atomic mass is 9.93. The normalized spacial score (nSPS) is 15.3. The molecule has 3 rings (SSSR count). The topological polar surface area (TPSA) is 20.3 Å². The van der Waals surface area contributed by atoms with Crippen LogP contribution in [-0.2, 0) is 6.42 Å². The zero-order chi connectivity index (χ0) is 11.1. The molecule has 2 aromatic carbocycles. The zero-order valence-electron chi connectivity index (χ0n) is 9.23. The highest BCUT2D eigenvalue weighted by molar-refractivity contribution is 6.08. The predicted molar refractivity (Wildman–Crippen MR) is 64.6 cm³/mol. The molecule has 0 aromatic heterocycles. The Hall–Kier alpha value is -1.83. The number of amides is 1. The highest BCUT2D eigenvalue weighted by Gasteiger charge is 2.23. The van der Waals surface area contributed by atoms with E-state index >= 15 is 0 Å². The molecule has 0 N–H and O–H groups in total. The van der Waals surface area contributed by atoms with E-state index in [1.54, 1.807) is 4.90 Å². The Balaban J connectivity index is 2.36. The van der Waals surface area contributed by atoms with Gasteiger partial charge < -0.3 is 4.90 Å². The first-order valence-electron chi connectivity index (χ1n) is 5.53. The van der Waals surface area contributed by atoms with Crippen LogP contribution in [0, 0.1) is 0 Å². The maximum absolute atomic E-state index is 12.2. The fraction of sp³-hybridized carbons (Fsp3) is 0.214. The third-order valence-electron chi connectivity index (χ3n) is 3.29. The highest BCUT2D eigenvalue weighted by Crippen LogP contribution is 2.26. The molecule has 0 spiro atoms. The summed E-state index contributed by atoms with van der Waals surface area (Å²) in [7, 11) is 1.87. The van der Waals surface area contributed by atoms with Gasteiger partial charge in [0.2, 0.25) is 0 Å². The summed E-state index contributed by atoms with van der Waals surface area (Å²) in [4.78, 5) is 14.0. The van der Waals surface area contributed by atoms with E-state index in [-0.39, 0.29) is 5.91 Å². The molecule has 0 saturated heterocycles. The van der Waals surface area contributed by atoms with Crippen LogP contribution < -0.4 is 0 Å². The molecule has 1 aliphatic heterocycles. The lowest BCUT2D eigenvalue weighted by Crippen LogP contribution is -2.34. The molecule has 0 atom stereocenters. The van der Waals surface area contributed by atoms with Gasteiger partial charge in [0.1, 0.15) is 0 Å². The third kappa shape index (κ3) is 1.23. The van der Waals surface area contributed by atoms with Crippen molar-refractivity contribution in [2.24, 2.45) is 0 Å². The van der Waals surface area contributed by atoms with Crippen molar-refractivity contribution in [1.82, 2.24) is 4.90 Å². The van der Waals surface area contributed by atoms with E-state index in [4.69, 9.17) is 0 Å². The Bertz CT molecular complexity index is 574. The number of hydrogen-bond donors (Lipinski definition) is 0. The van der Waals surface area contributed by atoms with Crippen LogP contribution in [0.2, 0.25) is 0 Å². The van der Waals surface area contributed by atoms with Gasteiger partial charge in [-0.05, 0) is 22.8 Å². The Morgan fingerprint density at radius 2 is 1.94 bits per heavy atom. The molecule has 0 aliphatic carbocycles. The molecule has 2 nitrogen and oxygen atoms in total. The van der Waals surface area contributed by atoms with E-state index < -0.39 is 0 Å². The summed E-state index contributed by atoms with van der Waals surface area (Å²) >= 11 is 0. The van der Waals surface area contributed by atoms with Crippen LogP contribution in [0.3, 0.4) is 0 Å². The van der Waals surface area contributed by atoms with Gasteiger partial charge in [-0.1, -0.05) is 36.4 Å². The van der Waals surface area contributed by atoms with Crippen LogP contribution in [0.5, 0.6) is 0 Å². The second-order valence-electron chi connectivity index (χ2n) is 4.30. The van der Waals surface area contributed by atoms with E-state index in [9.17, 15) is 4.79 Å². The van der Waals surface area contributed by atoms with Crippen LogP contribution in [0.4, 0.5) is 0 Å². The molecular weight excluding hydrogens is 198 g/mol. The fourth-order valence-electron chi connectivity index (χ4n) is 2.36. The molecule has 0 fully saturated rings. The van der Waals surface area contributed by atoms with Crippen molar-refractivity contribution in [3.8, 4) is 0 Å². The summed E-state index contributed by atoms with van der Waals surface area (Å²) < 4.78 is 0. The number of carbonyl (C=O) groups is 1. The van der Waals surface area contributed by atoms with Crippen molar-refractivity contribution in [2.75, 3.05) is 13.6 Å². The highest BCUT2D eigenvalue weighted by atomic mass is 16.2. The van der Waals surface area contributed by atoms with Crippen LogP contribution in [0.15, 0.2) is 36.4 Å². The molecule has 2 heteroatoms. The van der Waals surface area contributed by atoms with Crippen molar-refractivity contribution in [2.45, 2.75) is 6.42 Å². The Morgan fingerprint density at radius 1 is 1.12 bits per heavy atom. The van der Waals surface area contributed by atoms with E-state index in [1.165, 1.54) is 5.56 Å². The fourth-order valence-corrected chi connectivity index (χ4v) is 2.36. The Labute approximate surface area is 94.5 Å². The van der Waals surface area contributed by atoms with Crippen molar-refractivity contribution < 1.29 is 4.79 Å². The molecule has 0 radical (unpaired) electrons. The van der Waals surface area contributed by atoms with E-state index in [0.29, 0.717) is 0 Å². The number of benzene rings is 2. The molecule has 16 heavy (non-hydrogen) atoms. The average molecular weight is 211 g/mol. The molecule has 0 bridgehead atoms. The predicted octanol–water partition coefficient (Wildman–Crippen LogP) is 2.47. The number of hydrogen-bond acceptors (Lipinski definition) is 1. The van der Waals surface area contributed by atoms with Gasteiger partial charge in [0, 0.05) is 13.6 Å². The van der Waals surface area contributed by atoms with E-state index in [1.807, 2.05) is 25.2 Å². The van der Waals surface area contributed by atoms with Crippen molar-refractivity contribution in [3.63, 3.8) is 0 Å². The smallest absolute Gasteiger partial charge is 0.254 e. The van der Waals surface area contributed by atoms with Gasteiger partial charge in [-0.2, -0.15) is 0 Å². The molecule has 1 aliphatic rings. The van der Waals surface area contributed by atoms with Gasteiger partial charge in [0.25, 0.3) is 5.91 Å². The average Bonchev–Trinajstić information content (AvgIpc) is 2.33. The molecule has 1 amide bonds. The first-order chi connectivity index (χ1) is 7.77. The first kappa shape index (κ1) is 9.40. The largest absolute Gasteiger partial charge is 0.341 e. The molecule has 2 aromatic rings. The summed E-state index contributed by atoms with van der Waals surface area (Å²) in [6, 6.07) is 12.3. The van der Waals surface area contributed by atoms with Crippen molar-refractivity contribution in [3.05, 3.63) is 47.5 Å². The van der Waals surface area contributed by atoms with Gasteiger partial charge in [-0.3, -0.25) is 4.79 Å². The maximum atomic E-state index is 12.2. The standard InChI is InChI=1S/C14H13NO/c1-15-9-8-11-7-6-10-4-2-3-5-12(10)13(11)14(15)16/h2-7H,8-9H2,1H3. The van der Waals surface area contributed by atoms with Crippen molar-refractivity contribution >= 4 is 16.7 Å². The Kier molecular flexibility index (Phi) is 1.96. The first-order valence-corrected chi connectivity index (χ1v) is 5.53. The second-order valence-corrected chi connectivity index (χ2v) is 4.30. The number of rotatable bonds is 0. The van der Waals surface area contributed by atoms with Gasteiger partial charge in [0.15, 0.2) is 0 Å². The molecule has 0 unspecified atom stereocenters. The van der Waals surface area contributed by atoms with Gasteiger partial charge in [0.05, 0.1) is 5.56 Å². The monoisotopic (exact) mass is 211 g/mol. The Morgan fingerprint density at radius 3 is 2.81 bits per heavy atom. The van der Waals surface area contributed by atoms with Crippen molar-refractivity contribution in [1.29, 1.82) is 0 Å². The summed E-state index contributed by atoms with van der Waals surface area (Å²) in [5, 5.41) is 2.22. The number of nitrogens with zero attached hydrogens (tertiary/aromatic N) is 1. The quantitative estimate of drug-likeness (QED) is 0.655. The third-order valence-corrected chi connectivity index (χ3v) is 3.29. The lowest BCUT2D eigenvalue weighted by molar-refractivity contribution is 0.0783. The summed E-state index contributed by atoms with van der Waals surface area (Å²) in [5.74, 6) is 0.151. The summed E-state index contributed by atoms with van der Waals surface area (Å²) in [5.41, 5.74) is 2.08. The van der Waals surface area contributed by atoms with Gasteiger partial charge in [-0.15, -0.1) is 0 Å². The minimum Gasteiger partial charge on any atom is -0.341 e. The molecular formula is C14H13NO. The zero-order valence-corrected chi connectivity index (χ0v) is 9.23. The summed E-state index contributed by atoms with van der Waals surface area (Å²) in [6.07, 6.45) is 0.961. The maximum Gasteiger partial charge on any atom is 0.254 e. The van der Waals surface area contributed by atoms with E-state index in [2.05, 4.69) is 18.2 Å². The van der Waals surface area contributed by atoms with Crippen LogP contribution in [0.1, 0.15) is 15.9 Å². The minimum absolute atomic E-state index is 0.151.